The van der Waals surface area contributed by atoms with Crippen molar-refractivity contribution in [1.82, 2.24) is 14.3 Å². The number of aromatic nitrogens is 3. The minimum Gasteiger partial charge on any atom is -0.508 e. The summed E-state index contributed by atoms with van der Waals surface area (Å²) in [5.74, 6) is -0.351. The van der Waals surface area contributed by atoms with Gasteiger partial charge in [-0.15, -0.1) is 0 Å². The third-order valence-electron chi connectivity index (χ3n) is 6.19. The predicted octanol–water partition coefficient (Wildman–Crippen LogP) is 5.38. The highest BCUT2D eigenvalue weighted by Crippen LogP contribution is 2.34. The Morgan fingerprint density at radius 1 is 1.03 bits per heavy atom. The molecular weight excluding hydrogens is 512 g/mol. The van der Waals surface area contributed by atoms with E-state index in [2.05, 4.69) is 10.3 Å². The van der Waals surface area contributed by atoms with Crippen LogP contribution in [0.3, 0.4) is 0 Å². The summed E-state index contributed by atoms with van der Waals surface area (Å²) in [6.45, 7) is 5.15. The first-order valence-corrected chi connectivity index (χ1v) is 13.2. The number of nitrogens with zero attached hydrogens (tertiary/aromatic N) is 3. The minimum atomic E-state index is -1.10. The van der Waals surface area contributed by atoms with Gasteiger partial charge in [0.05, 0.1) is 29.0 Å². The number of benzene rings is 3. The van der Waals surface area contributed by atoms with Crippen molar-refractivity contribution in [2.45, 2.75) is 42.7 Å². The molecule has 2 aromatic heterocycles. The molecule has 0 saturated heterocycles. The van der Waals surface area contributed by atoms with E-state index in [1.165, 1.54) is 4.68 Å². The molecule has 9 heteroatoms. The van der Waals surface area contributed by atoms with E-state index >= 15 is 0 Å². The number of carbonyl (C=O) groups is 1. The van der Waals surface area contributed by atoms with Gasteiger partial charge in [-0.3, -0.25) is 19.3 Å². The van der Waals surface area contributed by atoms with Gasteiger partial charge in [0.1, 0.15) is 11.3 Å². The zero-order valence-electron chi connectivity index (χ0n) is 21.8. The Kier molecular flexibility index (Phi) is 7.03. The lowest BCUT2D eigenvalue weighted by Crippen LogP contribution is -2.32. The Morgan fingerprint density at radius 3 is 2.44 bits per heavy atom. The number of phenolic OH excluding ortho intramolecular Hbond substituents is 1. The molecule has 0 unspecified atom stereocenters. The number of pyridine rings is 1. The summed E-state index contributed by atoms with van der Waals surface area (Å²) >= 11 is 1.55. The van der Waals surface area contributed by atoms with Crippen molar-refractivity contribution in [3.8, 4) is 11.4 Å². The number of nitrogens with one attached hydrogen (secondary N) is 1. The molecule has 0 aliphatic rings. The largest absolute Gasteiger partial charge is 0.508 e. The normalized spacial score (nSPS) is 11.6. The summed E-state index contributed by atoms with van der Waals surface area (Å²) in [5.41, 5.74) is 0.789. The van der Waals surface area contributed by atoms with E-state index in [1.54, 1.807) is 79.8 Å². The van der Waals surface area contributed by atoms with E-state index in [0.717, 1.165) is 15.2 Å². The van der Waals surface area contributed by atoms with Crippen molar-refractivity contribution in [1.29, 1.82) is 0 Å². The zero-order chi connectivity index (χ0) is 27.7. The Hall–Kier alpha value is -4.34. The highest BCUT2D eigenvalue weighted by Gasteiger charge is 2.26. The van der Waals surface area contributed by atoms with Crippen LogP contribution >= 0.6 is 11.8 Å². The van der Waals surface area contributed by atoms with Gasteiger partial charge in [0.2, 0.25) is 0 Å². The van der Waals surface area contributed by atoms with Crippen molar-refractivity contribution in [2.75, 3.05) is 5.32 Å². The molecule has 1 amide bonds. The van der Waals surface area contributed by atoms with Gasteiger partial charge in [-0.25, -0.2) is 4.68 Å². The topological polar surface area (TPSA) is 109 Å². The molecule has 8 nitrogen and oxygen atoms in total. The van der Waals surface area contributed by atoms with E-state index in [0.29, 0.717) is 22.6 Å². The Bertz CT molecular complexity index is 1720. The third-order valence-corrected chi connectivity index (χ3v) is 7.27. The second kappa shape index (κ2) is 10.4. The van der Waals surface area contributed by atoms with E-state index in [9.17, 15) is 19.8 Å². The van der Waals surface area contributed by atoms with Crippen LogP contribution in [0.1, 0.15) is 29.9 Å². The summed E-state index contributed by atoms with van der Waals surface area (Å²) in [6.07, 6.45) is 1.70. The van der Waals surface area contributed by atoms with Crippen LogP contribution in [0.4, 0.5) is 5.69 Å². The summed E-state index contributed by atoms with van der Waals surface area (Å²) in [5, 5.41) is 24.0. The fraction of sp³-hybridized carbons (Fsp3) is 0.167. The summed E-state index contributed by atoms with van der Waals surface area (Å²) in [4.78, 5) is 33.1. The van der Waals surface area contributed by atoms with Crippen molar-refractivity contribution in [3.63, 3.8) is 0 Å². The summed E-state index contributed by atoms with van der Waals surface area (Å²) < 4.78 is 3.08. The number of hydrogen-bond donors (Lipinski definition) is 3. The van der Waals surface area contributed by atoms with Crippen LogP contribution in [0.2, 0.25) is 0 Å². The highest BCUT2D eigenvalue weighted by molar-refractivity contribution is 7.99. The molecule has 5 aromatic rings. The van der Waals surface area contributed by atoms with Gasteiger partial charge >= 0.3 is 0 Å². The first-order valence-electron chi connectivity index (χ1n) is 12.4. The molecule has 0 bridgehead atoms. The monoisotopic (exact) mass is 540 g/mol. The molecule has 2 heterocycles. The van der Waals surface area contributed by atoms with Gasteiger partial charge < -0.3 is 15.5 Å². The van der Waals surface area contributed by atoms with Crippen LogP contribution in [0.25, 0.3) is 16.6 Å². The van der Waals surface area contributed by atoms with E-state index in [1.807, 2.05) is 42.5 Å². The Labute approximate surface area is 229 Å². The molecular formula is C30H28N4O4S. The standard InChI is InChI=1S/C30H28N4O4S/c1-19-27(29(37)34(21-7-5-4-6-8-21)33(19)18-30(2,3)38)28(36)32-20-9-12-23(13-10-20)39-26-15-16-31-25-17-22(35)11-14-24(25)26/h4-17,35,38H,18H2,1-3H3,(H,32,36). The smallest absolute Gasteiger partial charge is 0.284 e. The SMILES string of the molecule is Cc1c(C(=O)Nc2ccc(Sc3ccnc4cc(O)ccc34)cc2)c(=O)n(-c2ccccc2)n1CC(C)(C)O. The number of anilines is 1. The third kappa shape index (κ3) is 5.59. The lowest BCUT2D eigenvalue weighted by Gasteiger charge is -2.22. The predicted molar refractivity (Wildman–Crippen MR) is 153 cm³/mol. The molecule has 5 rings (SSSR count). The zero-order valence-corrected chi connectivity index (χ0v) is 22.6. The van der Waals surface area contributed by atoms with Crippen LogP contribution in [-0.4, -0.2) is 36.1 Å². The molecule has 0 saturated carbocycles. The van der Waals surface area contributed by atoms with Crippen molar-refractivity contribution >= 4 is 34.3 Å². The fourth-order valence-electron chi connectivity index (χ4n) is 4.42. The first-order chi connectivity index (χ1) is 18.6. The van der Waals surface area contributed by atoms with Crippen LogP contribution in [0.15, 0.2) is 99.6 Å². The number of carbonyl (C=O) groups excluding carboxylic acids is 1. The molecule has 0 radical (unpaired) electrons. The molecule has 0 aliphatic carbocycles. The lowest BCUT2D eigenvalue weighted by atomic mass is 10.1. The van der Waals surface area contributed by atoms with Gasteiger partial charge in [-0.2, -0.15) is 0 Å². The maximum Gasteiger partial charge on any atom is 0.284 e. The summed E-state index contributed by atoms with van der Waals surface area (Å²) in [7, 11) is 0. The van der Waals surface area contributed by atoms with E-state index in [-0.39, 0.29) is 17.9 Å². The van der Waals surface area contributed by atoms with Gasteiger partial charge in [0, 0.05) is 33.1 Å². The second-order valence-corrected chi connectivity index (χ2v) is 11.0. The summed E-state index contributed by atoms with van der Waals surface area (Å²) in [6, 6.07) is 23.4. The average molecular weight is 541 g/mol. The van der Waals surface area contributed by atoms with Crippen molar-refractivity contribution in [3.05, 3.63) is 107 Å². The maximum absolute atomic E-state index is 13.5. The van der Waals surface area contributed by atoms with E-state index < -0.39 is 17.1 Å². The van der Waals surface area contributed by atoms with Crippen LogP contribution < -0.4 is 10.9 Å². The molecule has 39 heavy (non-hydrogen) atoms. The molecule has 3 N–H and O–H groups in total. The number of hydrogen-bond acceptors (Lipinski definition) is 6. The Balaban J connectivity index is 1.41. The van der Waals surface area contributed by atoms with Gasteiger partial charge in [0.25, 0.3) is 11.5 Å². The Morgan fingerprint density at radius 2 is 1.74 bits per heavy atom. The van der Waals surface area contributed by atoms with Crippen molar-refractivity contribution in [2.24, 2.45) is 0 Å². The number of aromatic hydroxyl groups is 1. The molecule has 0 atom stereocenters. The highest BCUT2D eigenvalue weighted by atomic mass is 32.2. The van der Waals surface area contributed by atoms with Crippen LogP contribution in [-0.2, 0) is 6.54 Å². The molecule has 3 aromatic carbocycles. The van der Waals surface area contributed by atoms with Gasteiger partial charge in [0.15, 0.2) is 0 Å². The van der Waals surface area contributed by atoms with Crippen molar-refractivity contribution < 1.29 is 15.0 Å². The van der Waals surface area contributed by atoms with Gasteiger partial charge in [-0.05, 0) is 75.4 Å². The number of phenols is 1. The number of rotatable bonds is 7. The molecule has 198 valence electrons. The number of aliphatic hydroxyl groups is 1. The molecule has 0 aliphatic heterocycles. The van der Waals surface area contributed by atoms with Crippen LogP contribution in [0.5, 0.6) is 5.75 Å². The maximum atomic E-state index is 13.5. The van der Waals surface area contributed by atoms with Crippen LogP contribution in [0, 0.1) is 6.92 Å². The molecule has 0 spiro atoms. The number of amides is 1. The quantitative estimate of drug-likeness (QED) is 0.256. The fourth-order valence-corrected chi connectivity index (χ4v) is 5.36. The second-order valence-electron chi connectivity index (χ2n) is 9.87. The average Bonchev–Trinajstić information content (AvgIpc) is 3.13. The first kappa shape index (κ1) is 26.3. The minimum absolute atomic E-state index is 0.0214. The number of para-hydroxylation sites is 1. The molecule has 0 fully saturated rings. The van der Waals surface area contributed by atoms with E-state index in [4.69, 9.17) is 0 Å². The number of fused-ring (bicyclic) bond motifs is 1. The lowest BCUT2D eigenvalue weighted by molar-refractivity contribution is 0.0546. The van der Waals surface area contributed by atoms with Gasteiger partial charge in [-0.1, -0.05) is 30.0 Å².